The molecule has 46 heavy (non-hydrogen) atoms. The maximum atomic E-state index is 13.0. The molecule has 0 aromatic heterocycles. The molecule has 8 heteroatoms. The van der Waals surface area contributed by atoms with Crippen molar-refractivity contribution in [1.82, 2.24) is 4.90 Å². The molecular formula is C38H71Cl2N3OS2. The van der Waals surface area contributed by atoms with Crippen LogP contribution in [0.2, 0.25) is 0 Å². The third kappa shape index (κ3) is 10.5. The van der Waals surface area contributed by atoms with Crippen LogP contribution in [0.4, 0.5) is 0 Å². The van der Waals surface area contributed by atoms with E-state index < -0.39 is 0 Å². The molecule has 3 unspecified atom stereocenters. The maximum Gasteiger partial charge on any atom is 0.223 e. The SMILES string of the molecule is CC(C)CCCC(C)[C@H]1CC[C@H]2[C@@H]3CC=C4C[C@@H](SSCCC(=O)N(CCC(C)N)CCC(C)N)CC[C@]4(C)[C@H]3CC[C@]12C.Cl.Cl. The van der Waals surface area contributed by atoms with Gasteiger partial charge in [0, 0.05) is 42.6 Å². The highest BCUT2D eigenvalue weighted by Gasteiger charge is 2.59. The Balaban J connectivity index is 0.00000368. The van der Waals surface area contributed by atoms with Crippen molar-refractivity contribution in [2.75, 3.05) is 18.8 Å². The van der Waals surface area contributed by atoms with Crippen LogP contribution in [0.15, 0.2) is 11.6 Å². The molecule has 0 spiro atoms. The summed E-state index contributed by atoms with van der Waals surface area (Å²) in [5, 5.41) is 0.690. The van der Waals surface area contributed by atoms with Crippen LogP contribution in [0, 0.1) is 46.3 Å². The minimum atomic E-state index is 0. The Bertz CT molecular complexity index is 952. The minimum absolute atomic E-state index is 0. The standard InChI is InChI=1S/C38H69N3OS2.2ClH/c1-26(2)9-8-10-27(3)33-13-14-34-32-12-11-30-25-31(15-20-37(30,6)35(32)16-21-38(33,34)7)44-43-24-19-36(42)41(22-17-28(4)39)23-18-29(5)40;;/h11,26-29,31-35H,8-10,12-25,39-40H2,1-7H3;2*1H/t27?,28?,29?,31-,32-,33+,34-,35-,37-,38+;;/m0../s1. The van der Waals surface area contributed by atoms with E-state index in [0.717, 1.165) is 67.2 Å². The van der Waals surface area contributed by atoms with Crippen LogP contribution in [0.5, 0.6) is 0 Å². The summed E-state index contributed by atoms with van der Waals surface area (Å²) in [6.45, 7) is 18.3. The van der Waals surface area contributed by atoms with Gasteiger partial charge in [-0.25, -0.2) is 0 Å². The van der Waals surface area contributed by atoms with E-state index >= 15 is 0 Å². The lowest BCUT2D eigenvalue weighted by atomic mass is 9.47. The van der Waals surface area contributed by atoms with E-state index in [9.17, 15) is 4.79 Å². The summed E-state index contributed by atoms with van der Waals surface area (Å²) in [5.74, 6) is 6.57. The summed E-state index contributed by atoms with van der Waals surface area (Å²) in [6, 6.07) is 0.237. The Kier molecular flexibility index (Phi) is 17.7. The zero-order valence-electron chi connectivity index (χ0n) is 30.4. The summed E-state index contributed by atoms with van der Waals surface area (Å²) < 4.78 is 0. The molecule has 0 aromatic carbocycles. The van der Waals surface area contributed by atoms with Gasteiger partial charge in [-0.1, -0.05) is 87.1 Å². The Hall–Kier alpha value is 0.410. The van der Waals surface area contributed by atoms with Crippen molar-refractivity contribution in [3.8, 4) is 0 Å². The first-order valence-electron chi connectivity index (χ1n) is 18.6. The molecule has 4 N–H and O–H groups in total. The quantitative estimate of drug-likeness (QED) is 0.0944. The Labute approximate surface area is 304 Å². The van der Waals surface area contributed by atoms with Crippen molar-refractivity contribution < 1.29 is 4.79 Å². The van der Waals surface area contributed by atoms with Gasteiger partial charge in [-0.3, -0.25) is 4.79 Å². The first kappa shape index (κ1) is 42.6. The fraction of sp³-hybridized carbons (Fsp3) is 0.921. The normalized spacial score (nSPS) is 33.8. The highest BCUT2D eigenvalue weighted by Crippen LogP contribution is 2.67. The predicted molar refractivity (Wildman–Crippen MR) is 209 cm³/mol. The average Bonchev–Trinajstić information content (AvgIpc) is 3.32. The molecular weight excluding hydrogens is 649 g/mol. The molecule has 1 amide bonds. The lowest BCUT2D eigenvalue weighted by molar-refractivity contribution is -0.130. The number of carbonyl (C=O) groups excluding carboxylic acids is 1. The number of halogens is 2. The topological polar surface area (TPSA) is 72.3 Å². The van der Waals surface area contributed by atoms with Gasteiger partial charge in [0.1, 0.15) is 0 Å². The Morgan fingerprint density at radius 3 is 2.22 bits per heavy atom. The molecule has 270 valence electrons. The van der Waals surface area contributed by atoms with Crippen LogP contribution in [0.1, 0.15) is 138 Å². The van der Waals surface area contributed by atoms with Crippen molar-refractivity contribution in [2.45, 2.75) is 156 Å². The summed E-state index contributed by atoms with van der Waals surface area (Å²) in [4.78, 5) is 15.0. The van der Waals surface area contributed by atoms with Crippen molar-refractivity contribution in [3.05, 3.63) is 11.6 Å². The van der Waals surface area contributed by atoms with Crippen LogP contribution in [-0.2, 0) is 4.79 Å². The van der Waals surface area contributed by atoms with Gasteiger partial charge in [0.2, 0.25) is 5.91 Å². The van der Waals surface area contributed by atoms with Crippen LogP contribution in [-0.4, -0.2) is 47.0 Å². The van der Waals surface area contributed by atoms with Gasteiger partial charge >= 0.3 is 0 Å². The molecule has 4 aliphatic rings. The van der Waals surface area contributed by atoms with E-state index in [-0.39, 0.29) is 42.8 Å². The average molecular weight is 721 g/mol. The Morgan fingerprint density at radius 2 is 1.59 bits per heavy atom. The van der Waals surface area contributed by atoms with E-state index in [4.69, 9.17) is 11.5 Å². The van der Waals surface area contributed by atoms with Gasteiger partial charge in [-0.15, -0.1) is 24.8 Å². The number of allylic oxidation sites excluding steroid dienone is 2. The maximum absolute atomic E-state index is 13.0. The van der Waals surface area contributed by atoms with Crippen LogP contribution in [0.3, 0.4) is 0 Å². The van der Waals surface area contributed by atoms with E-state index in [1.54, 1.807) is 5.57 Å². The highest BCUT2D eigenvalue weighted by molar-refractivity contribution is 8.76. The molecule has 0 saturated heterocycles. The number of nitrogens with zero attached hydrogens (tertiary/aromatic N) is 1. The van der Waals surface area contributed by atoms with Gasteiger partial charge in [-0.2, -0.15) is 0 Å². The van der Waals surface area contributed by atoms with Gasteiger partial charge in [0.25, 0.3) is 0 Å². The van der Waals surface area contributed by atoms with Gasteiger partial charge in [0.05, 0.1) is 0 Å². The number of fused-ring (bicyclic) bond motifs is 5. The summed E-state index contributed by atoms with van der Waals surface area (Å²) in [5.41, 5.74) is 14.8. The zero-order valence-corrected chi connectivity index (χ0v) is 33.7. The van der Waals surface area contributed by atoms with E-state index in [2.05, 4.69) is 51.5 Å². The molecule has 4 rings (SSSR count). The Morgan fingerprint density at radius 1 is 0.913 bits per heavy atom. The molecule has 10 atom stereocenters. The minimum Gasteiger partial charge on any atom is -0.343 e. The lowest BCUT2D eigenvalue weighted by Crippen LogP contribution is -2.50. The van der Waals surface area contributed by atoms with Gasteiger partial charge in [-0.05, 0) is 124 Å². The van der Waals surface area contributed by atoms with Crippen molar-refractivity contribution in [1.29, 1.82) is 0 Å². The second-order valence-corrected chi connectivity index (χ2v) is 19.5. The number of hydrogen-bond acceptors (Lipinski definition) is 5. The highest BCUT2D eigenvalue weighted by atomic mass is 35.5. The number of carbonyl (C=O) groups is 1. The molecule has 3 saturated carbocycles. The number of hydrogen-bond donors (Lipinski definition) is 2. The lowest BCUT2D eigenvalue weighted by Gasteiger charge is -2.58. The smallest absolute Gasteiger partial charge is 0.223 e. The van der Waals surface area contributed by atoms with E-state index in [1.165, 1.54) is 70.6 Å². The van der Waals surface area contributed by atoms with Crippen molar-refractivity contribution in [3.63, 3.8) is 0 Å². The third-order valence-corrected chi connectivity index (χ3v) is 15.8. The second kappa shape index (κ2) is 19.1. The number of amides is 1. The van der Waals surface area contributed by atoms with E-state index in [1.807, 2.05) is 29.5 Å². The monoisotopic (exact) mass is 719 g/mol. The summed E-state index contributed by atoms with van der Waals surface area (Å²) in [6.07, 6.45) is 20.5. The molecule has 0 heterocycles. The summed E-state index contributed by atoms with van der Waals surface area (Å²) in [7, 11) is 3.99. The van der Waals surface area contributed by atoms with E-state index in [0.29, 0.717) is 22.5 Å². The van der Waals surface area contributed by atoms with Crippen LogP contribution < -0.4 is 11.5 Å². The molecule has 0 aliphatic heterocycles. The first-order valence-corrected chi connectivity index (χ1v) is 21.0. The summed E-state index contributed by atoms with van der Waals surface area (Å²) >= 11 is 0. The molecule has 4 nitrogen and oxygen atoms in total. The van der Waals surface area contributed by atoms with Crippen LogP contribution >= 0.6 is 46.4 Å². The predicted octanol–water partition coefficient (Wildman–Crippen LogP) is 10.3. The van der Waals surface area contributed by atoms with Gasteiger partial charge < -0.3 is 16.4 Å². The molecule has 0 radical (unpaired) electrons. The fourth-order valence-electron chi connectivity index (χ4n) is 10.2. The van der Waals surface area contributed by atoms with Gasteiger partial charge in [0.15, 0.2) is 0 Å². The second-order valence-electron chi connectivity index (χ2n) is 16.7. The molecule has 4 aliphatic carbocycles. The molecule has 3 fully saturated rings. The zero-order chi connectivity index (χ0) is 32.1. The largest absolute Gasteiger partial charge is 0.343 e. The van der Waals surface area contributed by atoms with Crippen molar-refractivity contribution in [2.24, 2.45) is 57.8 Å². The number of rotatable bonds is 16. The van der Waals surface area contributed by atoms with Crippen LogP contribution in [0.25, 0.3) is 0 Å². The van der Waals surface area contributed by atoms with Crippen molar-refractivity contribution >= 4 is 52.3 Å². The first-order chi connectivity index (χ1) is 20.8. The molecule has 0 bridgehead atoms. The number of nitrogens with two attached hydrogens (primary N) is 2. The molecule has 0 aromatic rings. The fourth-order valence-corrected chi connectivity index (χ4v) is 12.9. The third-order valence-electron chi connectivity index (χ3n) is 12.9.